The van der Waals surface area contributed by atoms with Gasteiger partial charge in [-0.15, -0.1) is 0 Å². The lowest BCUT2D eigenvalue weighted by Crippen LogP contribution is -2.26. The summed E-state index contributed by atoms with van der Waals surface area (Å²) in [6.45, 7) is 5.09. The van der Waals surface area contributed by atoms with Crippen LogP contribution in [0.1, 0.15) is 30.1 Å². The number of nitrogens with two attached hydrogens (primary N) is 1. The van der Waals surface area contributed by atoms with Crippen LogP contribution in [0, 0.1) is 5.92 Å². The first-order valence-electron chi connectivity index (χ1n) is 7.69. The third kappa shape index (κ3) is 2.99. The largest absolute Gasteiger partial charge is 0.330 e. The van der Waals surface area contributed by atoms with Crippen molar-refractivity contribution in [3.05, 3.63) is 66.0 Å². The molecule has 0 aliphatic carbocycles. The lowest BCUT2D eigenvalue weighted by atomic mass is 9.89. The normalized spacial score (nSPS) is 24.1. The van der Waals surface area contributed by atoms with Gasteiger partial charge in [-0.3, -0.25) is 9.88 Å². The second-order valence-electron chi connectivity index (χ2n) is 5.90. The molecule has 1 fully saturated rings. The van der Waals surface area contributed by atoms with Gasteiger partial charge >= 0.3 is 0 Å². The van der Waals surface area contributed by atoms with Crippen LogP contribution < -0.4 is 5.73 Å². The molecular formula is C18H23N3. The Labute approximate surface area is 126 Å². The molecule has 2 aromatic rings. The molecule has 1 saturated heterocycles. The summed E-state index contributed by atoms with van der Waals surface area (Å²) in [5.41, 5.74) is 8.57. The first-order chi connectivity index (χ1) is 10.3. The Morgan fingerprint density at radius 3 is 2.57 bits per heavy atom. The molecule has 2 heterocycles. The van der Waals surface area contributed by atoms with E-state index in [0.29, 0.717) is 17.9 Å². The Morgan fingerprint density at radius 2 is 1.90 bits per heavy atom. The van der Waals surface area contributed by atoms with Crippen molar-refractivity contribution in [1.82, 2.24) is 9.88 Å². The van der Waals surface area contributed by atoms with Gasteiger partial charge in [0.05, 0.1) is 5.69 Å². The summed E-state index contributed by atoms with van der Waals surface area (Å²) in [5.74, 6) is 1.06. The van der Waals surface area contributed by atoms with Crippen LogP contribution in [0.2, 0.25) is 0 Å². The minimum Gasteiger partial charge on any atom is -0.330 e. The van der Waals surface area contributed by atoms with Gasteiger partial charge < -0.3 is 5.73 Å². The minimum atomic E-state index is 0.342. The Bertz CT molecular complexity index is 555. The van der Waals surface area contributed by atoms with Gasteiger partial charge in [-0.2, -0.15) is 0 Å². The molecule has 3 atom stereocenters. The molecule has 3 nitrogen and oxygen atoms in total. The van der Waals surface area contributed by atoms with Gasteiger partial charge in [-0.1, -0.05) is 36.4 Å². The molecule has 0 radical (unpaired) electrons. The topological polar surface area (TPSA) is 42.2 Å². The van der Waals surface area contributed by atoms with E-state index in [-0.39, 0.29) is 0 Å². The SMILES string of the molecule is CC(c1ccccn1)N1C[C@@H](CN)[C@H](c2ccccc2)C1. The molecule has 1 unspecified atom stereocenters. The number of hydrogen-bond acceptors (Lipinski definition) is 3. The highest BCUT2D eigenvalue weighted by molar-refractivity contribution is 5.23. The van der Waals surface area contributed by atoms with Crippen molar-refractivity contribution in [3.63, 3.8) is 0 Å². The Morgan fingerprint density at radius 1 is 1.14 bits per heavy atom. The van der Waals surface area contributed by atoms with E-state index in [0.717, 1.165) is 25.3 Å². The molecule has 0 spiro atoms. The molecule has 0 saturated carbocycles. The van der Waals surface area contributed by atoms with Crippen molar-refractivity contribution in [2.24, 2.45) is 11.7 Å². The summed E-state index contributed by atoms with van der Waals surface area (Å²) in [6.07, 6.45) is 1.87. The van der Waals surface area contributed by atoms with Crippen molar-refractivity contribution in [3.8, 4) is 0 Å². The molecule has 0 bridgehead atoms. The standard InChI is InChI=1S/C18H23N3/c1-14(18-9-5-6-10-20-18)21-12-16(11-19)17(13-21)15-7-3-2-4-8-15/h2-10,14,16-17H,11-13,19H2,1H3/t14?,16-,17+/m1/s1. The van der Waals surface area contributed by atoms with E-state index in [2.05, 4.69) is 59.3 Å². The van der Waals surface area contributed by atoms with Crippen molar-refractivity contribution in [2.45, 2.75) is 18.9 Å². The van der Waals surface area contributed by atoms with Crippen LogP contribution in [-0.2, 0) is 0 Å². The highest BCUT2D eigenvalue weighted by Crippen LogP contribution is 2.36. The summed E-state index contributed by atoms with van der Waals surface area (Å²) in [4.78, 5) is 7.01. The maximum absolute atomic E-state index is 6.02. The zero-order valence-corrected chi connectivity index (χ0v) is 12.5. The van der Waals surface area contributed by atoms with E-state index < -0.39 is 0 Å². The molecule has 1 aromatic carbocycles. The van der Waals surface area contributed by atoms with Crippen molar-refractivity contribution in [1.29, 1.82) is 0 Å². The zero-order chi connectivity index (χ0) is 14.7. The Hall–Kier alpha value is -1.71. The molecule has 1 aromatic heterocycles. The Kier molecular flexibility index (Phi) is 4.32. The molecule has 3 rings (SSSR count). The maximum Gasteiger partial charge on any atom is 0.0572 e. The van der Waals surface area contributed by atoms with Crippen LogP contribution in [0.5, 0.6) is 0 Å². The smallest absolute Gasteiger partial charge is 0.0572 e. The van der Waals surface area contributed by atoms with Crippen LogP contribution in [0.3, 0.4) is 0 Å². The van der Waals surface area contributed by atoms with Gasteiger partial charge in [-0.05, 0) is 37.1 Å². The van der Waals surface area contributed by atoms with Crippen molar-refractivity contribution < 1.29 is 0 Å². The molecular weight excluding hydrogens is 258 g/mol. The number of likely N-dealkylation sites (tertiary alicyclic amines) is 1. The monoisotopic (exact) mass is 281 g/mol. The van der Waals surface area contributed by atoms with E-state index in [1.165, 1.54) is 5.56 Å². The van der Waals surface area contributed by atoms with E-state index in [1.807, 2.05) is 12.3 Å². The van der Waals surface area contributed by atoms with Gasteiger partial charge in [0.25, 0.3) is 0 Å². The van der Waals surface area contributed by atoms with Gasteiger partial charge in [0, 0.05) is 31.2 Å². The molecule has 21 heavy (non-hydrogen) atoms. The summed E-state index contributed by atoms with van der Waals surface area (Å²) < 4.78 is 0. The lowest BCUT2D eigenvalue weighted by molar-refractivity contribution is 0.248. The summed E-state index contributed by atoms with van der Waals surface area (Å²) in [5, 5.41) is 0. The Balaban J connectivity index is 1.78. The van der Waals surface area contributed by atoms with Crippen LogP contribution in [0.25, 0.3) is 0 Å². The molecule has 3 heteroatoms. The third-order valence-electron chi connectivity index (χ3n) is 4.66. The zero-order valence-electron chi connectivity index (χ0n) is 12.5. The van der Waals surface area contributed by atoms with Gasteiger partial charge in [-0.25, -0.2) is 0 Å². The number of rotatable bonds is 4. The average molecular weight is 281 g/mol. The lowest BCUT2D eigenvalue weighted by Gasteiger charge is -2.23. The minimum absolute atomic E-state index is 0.342. The molecule has 110 valence electrons. The molecule has 1 aliphatic rings. The number of aromatic nitrogens is 1. The van der Waals surface area contributed by atoms with E-state index >= 15 is 0 Å². The van der Waals surface area contributed by atoms with Crippen LogP contribution >= 0.6 is 0 Å². The predicted octanol–water partition coefficient (Wildman–Crippen LogP) is 2.82. The highest BCUT2D eigenvalue weighted by atomic mass is 15.2. The number of pyridine rings is 1. The maximum atomic E-state index is 6.02. The van der Waals surface area contributed by atoms with E-state index in [9.17, 15) is 0 Å². The fraction of sp³-hybridized carbons (Fsp3) is 0.389. The van der Waals surface area contributed by atoms with Gasteiger partial charge in [0.1, 0.15) is 0 Å². The second-order valence-corrected chi connectivity index (χ2v) is 5.90. The fourth-order valence-corrected chi connectivity index (χ4v) is 3.35. The average Bonchev–Trinajstić information content (AvgIpc) is 3.00. The van der Waals surface area contributed by atoms with E-state index in [4.69, 9.17) is 5.73 Å². The van der Waals surface area contributed by atoms with Gasteiger partial charge in [0.2, 0.25) is 0 Å². The van der Waals surface area contributed by atoms with Crippen LogP contribution in [0.4, 0.5) is 0 Å². The molecule has 1 aliphatic heterocycles. The summed E-state index contributed by atoms with van der Waals surface area (Å²) in [7, 11) is 0. The number of benzene rings is 1. The summed E-state index contributed by atoms with van der Waals surface area (Å²) >= 11 is 0. The van der Waals surface area contributed by atoms with Crippen LogP contribution in [-0.4, -0.2) is 29.5 Å². The first kappa shape index (κ1) is 14.2. The number of hydrogen-bond donors (Lipinski definition) is 1. The highest BCUT2D eigenvalue weighted by Gasteiger charge is 2.35. The third-order valence-corrected chi connectivity index (χ3v) is 4.66. The van der Waals surface area contributed by atoms with Gasteiger partial charge in [0.15, 0.2) is 0 Å². The second kappa shape index (κ2) is 6.37. The fourth-order valence-electron chi connectivity index (χ4n) is 3.35. The van der Waals surface area contributed by atoms with Crippen LogP contribution in [0.15, 0.2) is 54.7 Å². The summed E-state index contributed by atoms with van der Waals surface area (Å²) in [6, 6.07) is 17.2. The first-order valence-corrected chi connectivity index (χ1v) is 7.69. The van der Waals surface area contributed by atoms with Crippen molar-refractivity contribution in [2.75, 3.05) is 19.6 Å². The number of nitrogens with zero attached hydrogens (tertiary/aromatic N) is 2. The van der Waals surface area contributed by atoms with Crippen molar-refractivity contribution >= 4 is 0 Å². The molecule has 0 amide bonds. The predicted molar refractivity (Wildman–Crippen MR) is 86.0 cm³/mol. The van der Waals surface area contributed by atoms with E-state index in [1.54, 1.807) is 0 Å². The quantitative estimate of drug-likeness (QED) is 0.937. The molecule has 2 N–H and O–H groups in total.